The number of hydrogen-bond acceptors (Lipinski definition) is 2. The van der Waals surface area contributed by atoms with Gasteiger partial charge in [-0.3, -0.25) is 9.69 Å². The minimum atomic E-state index is -2.31. The van der Waals surface area contributed by atoms with E-state index in [9.17, 15) is 13.6 Å². The molecule has 1 aliphatic rings. The van der Waals surface area contributed by atoms with Crippen molar-refractivity contribution in [3.8, 4) is 0 Å². The van der Waals surface area contributed by atoms with Crippen molar-refractivity contribution in [1.82, 2.24) is 10.2 Å². The van der Waals surface area contributed by atoms with E-state index in [1.807, 2.05) is 0 Å². The van der Waals surface area contributed by atoms with Crippen LogP contribution in [0.1, 0.15) is 45.4 Å². The zero-order chi connectivity index (χ0) is 14.1. The summed E-state index contributed by atoms with van der Waals surface area (Å²) in [6, 6.07) is 0. The zero-order valence-electron chi connectivity index (χ0n) is 11.8. The lowest BCUT2D eigenvalue weighted by molar-refractivity contribution is -0.127. The lowest BCUT2D eigenvalue weighted by atomic mass is 9.97. The summed E-state index contributed by atoms with van der Waals surface area (Å²) in [6.45, 7) is 3.82. The van der Waals surface area contributed by atoms with E-state index in [4.69, 9.17) is 0 Å². The number of carbonyl (C=O) groups is 1. The Bertz CT molecular complexity index is 262. The number of alkyl halides is 2. The van der Waals surface area contributed by atoms with Crippen LogP contribution >= 0.6 is 0 Å². The van der Waals surface area contributed by atoms with Gasteiger partial charge in [0.15, 0.2) is 0 Å². The molecule has 1 rings (SSSR count). The van der Waals surface area contributed by atoms with Gasteiger partial charge < -0.3 is 5.32 Å². The second kappa shape index (κ2) is 9.23. The van der Waals surface area contributed by atoms with Crippen molar-refractivity contribution < 1.29 is 13.6 Å². The number of unbranched alkanes of at least 4 members (excludes halogenated alkanes) is 3. The van der Waals surface area contributed by atoms with Crippen molar-refractivity contribution in [3.63, 3.8) is 0 Å². The van der Waals surface area contributed by atoms with Gasteiger partial charge in [0.05, 0.1) is 12.5 Å². The first-order valence-electron chi connectivity index (χ1n) is 7.41. The second-order valence-corrected chi connectivity index (χ2v) is 5.34. The Morgan fingerprint density at radius 1 is 1.37 bits per heavy atom. The predicted octanol–water partition coefficient (Wildman–Crippen LogP) is 2.66. The van der Waals surface area contributed by atoms with Gasteiger partial charge in [-0.15, -0.1) is 0 Å². The zero-order valence-corrected chi connectivity index (χ0v) is 11.8. The van der Waals surface area contributed by atoms with Crippen LogP contribution in [0, 0.1) is 5.92 Å². The highest BCUT2D eigenvalue weighted by Gasteiger charge is 2.26. The number of likely N-dealkylation sites (tertiary alicyclic amines) is 1. The van der Waals surface area contributed by atoms with Gasteiger partial charge in [-0.2, -0.15) is 0 Å². The molecular formula is C14H26F2N2O. The first kappa shape index (κ1) is 16.3. The van der Waals surface area contributed by atoms with Gasteiger partial charge in [0.25, 0.3) is 6.43 Å². The number of nitrogens with one attached hydrogen (secondary N) is 1. The van der Waals surface area contributed by atoms with Gasteiger partial charge in [0, 0.05) is 13.1 Å². The molecule has 0 bridgehead atoms. The van der Waals surface area contributed by atoms with Crippen LogP contribution in [0.25, 0.3) is 0 Å². The summed E-state index contributed by atoms with van der Waals surface area (Å²) in [5, 5.41) is 2.93. The maximum atomic E-state index is 12.3. The number of carbonyl (C=O) groups excluding carboxylic acids is 1. The van der Waals surface area contributed by atoms with E-state index in [0.29, 0.717) is 19.6 Å². The van der Waals surface area contributed by atoms with Gasteiger partial charge in [0.1, 0.15) is 0 Å². The van der Waals surface area contributed by atoms with E-state index in [0.717, 1.165) is 25.7 Å². The van der Waals surface area contributed by atoms with E-state index < -0.39 is 6.43 Å². The van der Waals surface area contributed by atoms with Gasteiger partial charge >= 0.3 is 0 Å². The van der Waals surface area contributed by atoms with Crippen molar-refractivity contribution in [3.05, 3.63) is 0 Å². The Labute approximate surface area is 114 Å². The fourth-order valence-corrected chi connectivity index (χ4v) is 2.54. The van der Waals surface area contributed by atoms with Crippen molar-refractivity contribution >= 4 is 5.91 Å². The van der Waals surface area contributed by atoms with Crippen molar-refractivity contribution in [2.24, 2.45) is 5.92 Å². The molecule has 0 aromatic heterocycles. The van der Waals surface area contributed by atoms with Crippen LogP contribution in [0.4, 0.5) is 8.78 Å². The minimum absolute atomic E-state index is 0.0375. The summed E-state index contributed by atoms with van der Waals surface area (Å²) >= 11 is 0. The van der Waals surface area contributed by atoms with Crippen LogP contribution < -0.4 is 5.32 Å². The maximum Gasteiger partial charge on any atom is 0.251 e. The van der Waals surface area contributed by atoms with Crippen LogP contribution in [-0.4, -0.2) is 43.4 Å². The molecule has 0 saturated carbocycles. The molecule has 112 valence electrons. The molecule has 1 amide bonds. The molecule has 1 aliphatic heterocycles. The molecule has 1 fully saturated rings. The minimum Gasteiger partial charge on any atom is -0.356 e. The number of piperidine rings is 1. The van der Waals surface area contributed by atoms with Gasteiger partial charge in [0.2, 0.25) is 5.91 Å². The molecule has 19 heavy (non-hydrogen) atoms. The summed E-state index contributed by atoms with van der Waals surface area (Å²) < 4.78 is 24.7. The van der Waals surface area contributed by atoms with Gasteiger partial charge in [-0.05, 0) is 25.8 Å². The molecular weight excluding hydrogens is 250 g/mol. The Kier molecular flexibility index (Phi) is 7.94. The molecule has 0 aromatic carbocycles. The topological polar surface area (TPSA) is 32.3 Å². The summed E-state index contributed by atoms with van der Waals surface area (Å²) in [6.07, 6.45) is 3.87. The molecule has 0 spiro atoms. The Hall–Kier alpha value is -0.710. The number of halogens is 2. The van der Waals surface area contributed by atoms with Gasteiger partial charge in [-0.25, -0.2) is 8.78 Å². The monoisotopic (exact) mass is 276 g/mol. The van der Waals surface area contributed by atoms with E-state index in [2.05, 4.69) is 12.2 Å². The van der Waals surface area contributed by atoms with Crippen molar-refractivity contribution in [2.45, 2.75) is 51.9 Å². The first-order chi connectivity index (χ1) is 9.13. The molecule has 1 N–H and O–H groups in total. The highest BCUT2D eigenvalue weighted by Crippen LogP contribution is 2.17. The SMILES string of the molecule is CCCCCCNC(=O)C1CCCN(CC(F)F)C1. The third kappa shape index (κ3) is 6.85. The third-order valence-corrected chi connectivity index (χ3v) is 3.60. The van der Waals surface area contributed by atoms with Crippen LogP contribution in [0.15, 0.2) is 0 Å². The Morgan fingerprint density at radius 2 is 2.16 bits per heavy atom. The number of amides is 1. The molecule has 0 aliphatic carbocycles. The maximum absolute atomic E-state index is 12.3. The number of nitrogens with zero attached hydrogens (tertiary/aromatic N) is 1. The average Bonchev–Trinajstić information content (AvgIpc) is 2.38. The van der Waals surface area contributed by atoms with Crippen molar-refractivity contribution in [2.75, 3.05) is 26.2 Å². The smallest absolute Gasteiger partial charge is 0.251 e. The fraction of sp³-hybridized carbons (Fsp3) is 0.929. The van der Waals surface area contributed by atoms with E-state index in [1.54, 1.807) is 4.90 Å². The molecule has 0 aromatic rings. The quantitative estimate of drug-likeness (QED) is 0.691. The summed E-state index contributed by atoms with van der Waals surface area (Å²) in [5.41, 5.74) is 0. The van der Waals surface area contributed by atoms with Gasteiger partial charge in [-0.1, -0.05) is 26.2 Å². The number of rotatable bonds is 8. The van der Waals surface area contributed by atoms with E-state index in [1.165, 1.54) is 12.8 Å². The van der Waals surface area contributed by atoms with Crippen LogP contribution in [0.3, 0.4) is 0 Å². The molecule has 1 saturated heterocycles. The van der Waals surface area contributed by atoms with E-state index >= 15 is 0 Å². The average molecular weight is 276 g/mol. The van der Waals surface area contributed by atoms with Crippen molar-refractivity contribution in [1.29, 1.82) is 0 Å². The lowest BCUT2D eigenvalue weighted by Gasteiger charge is -2.31. The highest BCUT2D eigenvalue weighted by molar-refractivity contribution is 5.78. The Morgan fingerprint density at radius 3 is 2.84 bits per heavy atom. The standard InChI is InChI=1S/C14H26F2N2O/c1-2-3-4-5-8-17-14(19)12-7-6-9-18(10-12)11-13(15)16/h12-13H,2-11H2,1H3,(H,17,19). The Balaban J connectivity index is 2.20. The summed E-state index contributed by atoms with van der Waals surface area (Å²) in [5.74, 6) is -0.0749. The summed E-state index contributed by atoms with van der Waals surface area (Å²) in [4.78, 5) is 13.6. The lowest BCUT2D eigenvalue weighted by Crippen LogP contribution is -2.44. The summed E-state index contributed by atoms with van der Waals surface area (Å²) in [7, 11) is 0. The molecule has 0 radical (unpaired) electrons. The second-order valence-electron chi connectivity index (χ2n) is 5.34. The van der Waals surface area contributed by atoms with Crippen LogP contribution in [0.2, 0.25) is 0 Å². The molecule has 5 heteroatoms. The molecule has 1 heterocycles. The third-order valence-electron chi connectivity index (χ3n) is 3.60. The van der Waals surface area contributed by atoms with E-state index in [-0.39, 0.29) is 18.4 Å². The molecule has 3 nitrogen and oxygen atoms in total. The molecule has 1 unspecified atom stereocenters. The normalized spacial score (nSPS) is 20.7. The highest BCUT2D eigenvalue weighted by atomic mass is 19.3. The molecule has 1 atom stereocenters. The number of hydrogen-bond donors (Lipinski definition) is 1. The van der Waals surface area contributed by atoms with Crippen LogP contribution in [-0.2, 0) is 4.79 Å². The largest absolute Gasteiger partial charge is 0.356 e. The predicted molar refractivity (Wildman–Crippen MR) is 72.3 cm³/mol. The fourth-order valence-electron chi connectivity index (χ4n) is 2.54. The first-order valence-corrected chi connectivity index (χ1v) is 7.41. The van der Waals surface area contributed by atoms with Crippen LogP contribution in [0.5, 0.6) is 0 Å².